The van der Waals surface area contributed by atoms with Crippen LogP contribution in [0.5, 0.6) is 0 Å². The standard InChI is InChI=1S/C16H16Cl2N2O/c1-10-7-12(16(21)19-2)4-6-15(10)20-9-11-3-5-13(17)14(18)8-11/h3-8,20H,9H2,1-2H3,(H,19,21). The van der Waals surface area contributed by atoms with Gasteiger partial charge in [0.05, 0.1) is 10.0 Å². The summed E-state index contributed by atoms with van der Waals surface area (Å²) >= 11 is 11.9. The smallest absolute Gasteiger partial charge is 0.251 e. The third-order valence-electron chi connectivity index (χ3n) is 3.18. The molecule has 0 aliphatic carbocycles. The van der Waals surface area contributed by atoms with Crippen molar-refractivity contribution in [1.82, 2.24) is 5.32 Å². The second-order valence-electron chi connectivity index (χ2n) is 4.71. The topological polar surface area (TPSA) is 41.1 Å². The number of carbonyl (C=O) groups is 1. The van der Waals surface area contributed by atoms with Crippen molar-refractivity contribution in [2.24, 2.45) is 0 Å². The highest BCUT2D eigenvalue weighted by atomic mass is 35.5. The van der Waals surface area contributed by atoms with Gasteiger partial charge in [0.2, 0.25) is 0 Å². The lowest BCUT2D eigenvalue weighted by atomic mass is 10.1. The zero-order valence-corrected chi connectivity index (χ0v) is 13.3. The molecule has 0 saturated carbocycles. The van der Waals surface area contributed by atoms with Crippen molar-refractivity contribution in [2.75, 3.05) is 12.4 Å². The van der Waals surface area contributed by atoms with Crippen LogP contribution in [-0.4, -0.2) is 13.0 Å². The molecule has 0 saturated heterocycles. The molecule has 2 rings (SSSR count). The van der Waals surface area contributed by atoms with Gasteiger partial charge in [0.15, 0.2) is 0 Å². The van der Waals surface area contributed by atoms with Crippen LogP contribution in [0.1, 0.15) is 21.5 Å². The lowest BCUT2D eigenvalue weighted by Gasteiger charge is -2.11. The van der Waals surface area contributed by atoms with E-state index in [1.807, 2.05) is 31.2 Å². The van der Waals surface area contributed by atoms with Gasteiger partial charge in [-0.1, -0.05) is 29.3 Å². The fourth-order valence-corrected chi connectivity index (χ4v) is 2.32. The van der Waals surface area contributed by atoms with Crippen LogP contribution >= 0.6 is 23.2 Å². The zero-order chi connectivity index (χ0) is 15.4. The first-order valence-corrected chi connectivity index (χ1v) is 7.27. The molecule has 2 aromatic rings. The number of aryl methyl sites for hydroxylation is 1. The molecule has 21 heavy (non-hydrogen) atoms. The van der Waals surface area contributed by atoms with Gasteiger partial charge in [-0.05, 0) is 48.4 Å². The first-order chi connectivity index (χ1) is 10.0. The Hall–Kier alpha value is -1.71. The number of halogens is 2. The van der Waals surface area contributed by atoms with Crippen molar-refractivity contribution in [3.63, 3.8) is 0 Å². The summed E-state index contributed by atoms with van der Waals surface area (Å²) in [6, 6.07) is 11.1. The van der Waals surface area contributed by atoms with Crippen molar-refractivity contribution >= 4 is 34.8 Å². The molecule has 1 amide bonds. The number of hydrogen-bond donors (Lipinski definition) is 2. The Morgan fingerprint density at radius 1 is 1.10 bits per heavy atom. The molecular weight excluding hydrogens is 307 g/mol. The van der Waals surface area contributed by atoms with Gasteiger partial charge >= 0.3 is 0 Å². The third kappa shape index (κ3) is 3.90. The predicted octanol–water partition coefficient (Wildman–Crippen LogP) is 4.27. The fourth-order valence-electron chi connectivity index (χ4n) is 1.99. The number of anilines is 1. The van der Waals surface area contributed by atoms with Crippen LogP contribution in [-0.2, 0) is 6.54 Å². The fraction of sp³-hybridized carbons (Fsp3) is 0.188. The summed E-state index contributed by atoms with van der Waals surface area (Å²) in [5.74, 6) is -0.0888. The van der Waals surface area contributed by atoms with E-state index in [9.17, 15) is 4.79 Å². The van der Waals surface area contributed by atoms with Gasteiger partial charge < -0.3 is 10.6 Å². The average molecular weight is 323 g/mol. The number of nitrogens with one attached hydrogen (secondary N) is 2. The molecule has 0 bridgehead atoms. The summed E-state index contributed by atoms with van der Waals surface area (Å²) in [5, 5.41) is 7.03. The van der Waals surface area contributed by atoms with E-state index in [0.717, 1.165) is 16.8 Å². The lowest BCUT2D eigenvalue weighted by molar-refractivity contribution is 0.0963. The summed E-state index contributed by atoms with van der Waals surface area (Å²) in [7, 11) is 1.62. The average Bonchev–Trinajstić information content (AvgIpc) is 2.48. The highest BCUT2D eigenvalue weighted by Crippen LogP contribution is 2.23. The number of carbonyl (C=O) groups excluding carboxylic acids is 1. The van der Waals surface area contributed by atoms with Crippen molar-refractivity contribution < 1.29 is 4.79 Å². The number of amides is 1. The normalized spacial score (nSPS) is 10.3. The molecular formula is C16H16Cl2N2O. The van der Waals surface area contributed by atoms with Gasteiger partial charge in [0.1, 0.15) is 0 Å². The summed E-state index contributed by atoms with van der Waals surface area (Å²) in [6.45, 7) is 2.60. The Morgan fingerprint density at radius 3 is 2.48 bits per heavy atom. The Bertz CT molecular complexity index is 671. The largest absolute Gasteiger partial charge is 0.381 e. The molecule has 2 aromatic carbocycles. The van der Waals surface area contributed by atoms with E-state index < -0.39 is 0 Å². The highest BCUT2D eigenvalue weighted by molar-refractivity contribution is 6.42. The maximum Gasteiger partial charge on any atom is 0.251 e. The van der Waals surface area contributed by atoms with E-state index in [1.165, 1.54) is 0 Å². The van der Waals surface area contributed by atoms with Crippen LogP contribution in [0.25, 0.3) is 0 Å². The predicted molar refractivity (Wildman–Crippen MR) is 88.4 cm³/mol. The van der Waals surface area contributed by atoms with Gasteiger partial charge in [-0.25, -0.2) is 0 Å². The van der Waals surface area contributed by atoms with E-state index >= 15 is 0 Å². The van der Waals surface area contributed by atoms with Gasteiger partial charge in [-0.15, -0.1) is 0 Å². The minimum Gasteiger partial charge on any atom is -0.381 e. The van der Waals surface area contributed by atoms with Crippen LogP contribution < -0.4 is 10.6 Å². The Balaban J connectivity index is 2.09. The van der Waals surface area contributed by atoms with E-state index in [2.05, 4.69) is 10.6 Å². The molecule has 110 valence electrons. The summed E-state index contributed by atoms with van der Waals surface area (Å²) < 4.78 is 0. The maximum atomic E-state index is 11.6. The second-order valence-corrected chi connectivity index (χ2v) is 5.53. The lowest BCUT2D eigenvalue weighted by Crippen LogP contribution is -2.17. The quantitative estimate of drug-likeness (QED) is 0.882. The van der Waals surface area contributed by atoms with Crippen molar-refractivity contribution in [3.8, 4) is 0 Å². The SMILES string of the molecule is CNC(=O)c1ccc(NCc2ccc(Cl)c(Cl)c2)c(C)c1. The summed E-state index contributed by atoms with van der Waals surface area (Å²) in [6.07, 6.45) is 0. The first kappa shape index (κ1) is 15.7. The molecule has 0 aliphatic rings. The van der Waals surface area contributed by atoms with Crippen molar-refractivity contribution in [1.29, 1.82) is 0 Å². The van der Waals surface area contributed by atoms with Gasteiger partial charge in [0, 0.05) is 24.8 Å². The number of benzene rings is 2. The maximum absolute atomic E-state index is 11.6. The second kappa shape index (κ2) is 6.83. The Kier molecular flexibility index (Phi) is 5.10. The van der Waals surface area contributed by atoms with E-state index in [1.54, 1.807) is 19.2 Å². The molecule has 0 radical (unpaired) electrons. The van der Waals surface area contributed by atoms with Crippen molar-refractivity contribution in [2.45, 2.75) is 13.5 Å². The molecule has 0 atom stereocenters. The van der Waals surface area contributed by atoms with Gasteiger partial charge in [-0.3, -0.25) is 4.79 Å². The molecule has 0 spiro atoms. The molecule has 5 heteroatoms. The Labute approximate surface area is 134 Å². The van der Waals surface area contributed by atoms with Crippen molar-refractivity contribution in [3.05, 3.63) is 63.1 Å². The minimum atomic E-state index is -0.0888. The molecule has 0 aromatic heterocycles. The summed E-state index contributed by atoms with van der Waals surface area (Å²) in [4.78, 5) is 11.6. The first-order valence-electron chi connectivity index (χ1n) is 6.52. The third-order valence-corrected chi connectivity index (χ3v) is 3.92. The molecule has 0 fully saturated rings. The van der Waals surface area contributed by atoms with Crippen LogP contribution in [0.3, 0.4) is 0 Å². The zero-order valence-electron chi connectivity index (χ0n) is 11.8. The van der Waals surface area contributed by atoms with E-state index in [0.29, 0.717) is 22.2 Å². The molecule has 2 N–H and O–H groups in total. The van der Waals surface area contributed by atoms with Crippen LogP contribution in [0.2, 0.25) is 10.0 Å². The van der Waals surface area contributed by atoms with Gasteiger partial charge in [0.25, 0.3) is 5.91 Å². The number of rotatable bonds is 4. The van der Waals surface area contributed by atoms with Crippen LogP contribution in [0.4, 0.5) is 5.69 Å². The van der Waals surface area contributed by atoms with Gasteiger partial charge in [-0.2, -0.15) is 0 Å². The van der Waals surface area contributed by atoms with E-state index in [4.69, 9.17) is 23.2 Å². The molecule has 0 unspecified atom stereocenters. The molecule has 3 nitrogen and oxygen atoms in total. The van der Waals surface area contributed by atoms with Crippen LogP contribution in [0, 0.1) is 6.92 Å². The minimum absolute atomic E-state index is 0.0888. The molecule has 0 heterocycles. The molecule has 0 aliphatic heterocycles. The highest BCUT2D eigenvalue weighted by Gasteiger charge is 2.06. The Morgan fingerprint density at radius 2 is 1.86 bits per heavy atom. The summed E-state index contributed by atoms with van der Waals surface area (Å²) in [5.41, 5.74) is 3.68. The monoisotopic (exact) mass is 322 g/mol. The van der Waals surface area contributed by atoms with E-state index in [-0.39, 0.29) is 5.91 Å². The number of hydrogen-bond acceptors (Lipinski definition) is 2. The van der Waals surface area contributed by atoms with Crippen LogP contribution in [0.15, 0.2) is 36.4 Å².